The van der Waals surface area contributed by atoms with Crippen molar-refractivity contribution in [3.05, 3.63) is 0 Å². The van der Waals surface area contributed by atoms with Crippen LogP contribution in [0.15, 0.2) is 0 Å². The van der Waals surface area contributed by atoms with Gasteiger partial charge in [-0.3, -0.25) is 9.59 Å². The number of nitrogens with zero attached hydrogens (tertiary/aromatic N) is 1. The standard InChI is InChI=1S/C12H21NO4/c1-13(7-6-12(15)16)11(14)5-4-10-3-2-8-17-9-10/h10H,2-9H2,1H3,(H,15,16)/t10-/m0/s1. The molecule has 1 amide bonds. The first kappa shape index (κ1) is 14.0. The summed E-state index contributed by atoms with van der Waals surface area (Å²) in [5.74, 6) is -0.359. The first-order chi connectivity index (χ1) is 8.09. The lowest BCUT2D eigenvalue weighted by Crippen LogP contribution is -2.29. The fourth-order valence-corrected chi connectivity index (χ4v) is 1.94. The number of ether oxygens (including phenoxy) is 1. The Bertz CT molecular complexity index is 261. The average Bonchev–Trinajstić information content (AvgIpc) is 2.34. The van der Waals surface area contributed by atoms with Gasteiger partial charge in [-0.25, -0.2) is 0 Å². The molecule has 1 aliphatic heterocycles. The first-order valence-corrected chi connectivity index (χ1v) is 6.13. The van der Waals surface area contributed by atoms with Gasteiger partial charge in [-0.1, -0.05) is 0 Å². The zero-order chi connectivity index (χ0) is 12.7. The van der Waals surface area contributed by atoms with E-state index in [9.17, 15) is 9.59 Å². The lowest BCUT2D eigenvalue weighted by molar-refractivity contribution is -0.138. The number of aliphatic carboxylic acids is 1. The number of carbonyl (C=O) groups is 2. The van der Waals surface area contributed by atoms with Crippen LogP contribution in [0.25, 0.3) is 0 Å². The predicted octanol–water partition coefficient (Wildman–Crippen LogP) is 1.13. The highest BCUT2D eigenvalue weighted by Gasteiger charge is 2.17. The molecule has 0 spiro atoms. The Morgan fingerprint density at radius 2 is 2.18 bits per heavy atom. The number of rotatable bonds is 6. The highest BCUT2D eigenvalue weighted by molar-refractivity contribution is 5.76. The number of amides is 1. The van der Waals surface area contributed by atoms with Crippen molar-refractivity contribution in [2.75, 3.05) is 26.8 Å². The van der Waals surface area contributed by atoms with Gasteiger partial charge in [0.2, 0.25) is 5.91 Å². The Labute approximate surface area is 102 Å². The van der Waals surface area contributed by atoms with E-state index >= 15 is 0 Å². The van der Waals surface area contributed by atoms with Gasteiger partial charge in [0, 0.05) is 33.2 Å². The SMILES string of the molecule is CN(CCC(=O)O)C(=O)CC[C@@H]1CCCOC1. The zero-order valence-corrected chi connectivity index (χ0v) is 10.4. The van der Waals surface area contributed by atoms with Gasteiger partial charge in [-0.15, -0.1) is 0 Å². The summed E-state index contributed by atoms with van der Waals surface area (Å²) in [4.78, 5) is 23.6. The van der Waals surface area contributed by atoms with E-state index in [1.807, 2.05) is 0 Å². The molecule has 1 atom stereocenters. The van der Waals surface area contributed by atoms with Crippen LogP contribution in [-0.2, 0) is 14.3 Å². The van der Waals surface area contributed by atoms with Crippen molar-refractivity contribution in [2.45, 2.75) is 32.1 Å². The Balaban J connectivity index is 2.16. The van der Waals surface area contributed by atoms with E-state index in [2.05, 4.69) is 0 Å². The molecule has 1 heterocycles. The summed E-state index contributed by atoms with van der Waals surface area (Å²) >= 11 is 0. The molecule has 0 unspecified atom stereocenters. The second-order valence-corrected chi connectivity index (χ2v) is 4.58. The lowest BCUT2D eigenvalue weighted by atomic mass is 9.96. The summed E-state index contributed by atoms with van der Waals surface area (Å²) in [5, 5.41) is 8.52. The molecule has 5 nitrogen and oxygen atoms in total. The molecule has 0 radical (unpaired) electrons. The van der Waals surface area contributed by atoms with Gasteiger partial charge in [0.05, 0.1) is 6.42 Å². The van der Waals surface area contributed by atoms with Crippen molar-refractivity contribution in [3.63, 3.8) is 0 Å². The quantitative estimate of drug-likeness (QED) is 0.759. The van der Waals surface area contributed by atoms with E-state index in [4.69, 9.17) is 9.84 Å². The molecule has 1 fully saturated rings. The number of hydrogen-bond donors (Lipinski definition) is 1. The van der Waals surface area contributed by atoms with Gasteiger partial charge < -0.3 is 14.7 Å². The zero-order valence-electron chi connectivity index (χ0n) is 10.4. The van der Waals surface area contributed by atoms with Crippen molar-refractivity contribution >= 4 is 11.9 Å². The molecule has 1 rings (SSSR count). The highest BCUT2D eigenvalue weighted by atomic mass is 16.5. The molecule has 98 valence electrons. The van der Waals surface area contributed by atoms with Crippen molar-refractivity contribution < 1.29 is 19.4 Å². The molecule has 0 aliphatic carbocycles. The Hall–Kier alpha value is -1.10. The number of hydrogen-bond acceptors (Lipinski definition) is 3. The summed E-state index contributed by atoms with van der Waals surface area (Å²) < 4.78 is 5.35. The third-order valence-electron chi connectivity index (χ3n) is 3.11. The van der Waals surface area contributed by atoms with Gasteiger partial charge in [0.15, 0.2) is 0 Å². The first-order valence-electron chi connectivity index (χ1n) is 6.13. The maximum absolute atomic E-state index is 11.7. The van der Waals surface area contributed by atoms with Crippen molar-refractivity contribution in [1.82, 2.24) is 4.90 Å². The number of carboxylic acid groups (broad SMARTS) is 1. The van der Waals surface area contributed by atoms with Crippen molar-refractivity contribution in [1.29, 1.82) is 0 Å². The second-order valence-electron chi connectivity index (χ2n) is 4.58. The lowest BCUT2D eigenvalue weighted by Gasteiger charge is -2.23. The summed E-state index contributed by atoms with van der Waals surface area (Å²) in [6.45, 7) is 1.88. The number of carboxylic acids is 1. The molecule has 0 aromatic rings. The third-order valence-corrected chi connectivity index (χ3v) is 3.11. The minimum atomic E-state index is -0.870. The van der Waals surface area contributed by atoms with Crippen LogP contribution in [0.5, 0.6) is 0 Å². The van der Waals surface area contributed by atoms with Crippen LogP contribution >= 0.6 is 0 Å². The molecule has 17 heavy (non-hydrogen) atoms. The summed E-state index contributed by atoms with van der Waals surface area (Å²) in [5.41, 5.74) is 0. The summed E-state index contributed by atoms with van der Waals surface area (Å²) in [6.07, 6.45) is 3.55. The molecular formula is C12H21NO4. The topological polar surface area (TPSA) is 66.8 Å². The van der Waals surface area contributed by atoms with Crippen LogP contribution < -0.4 is 0 Å². The van der Waals surface area contributed by atoms with Crippen molar-refractivity contribution in [3.8, 4) is 0 Å². The monoisotopic (exact) mass is 243 g/mol. The van der Waals surface area contributed by atoms with Gasteiger partial charge in [0.25, 0.3) is 0 Å². The molecule has 0 saturated carbocycles. The Morgan fingerprint density at radius 3 is 2.76 bits per heavy atom. The van der Waals surface area contributed by atoms with Crippen LogP contribution in [-0.4, -0.2) is 48.7 Å². The van der Waals surface area contributed by atoms with Gasteiger partial charge in [0.1, 0.15) is 0 Å². The third kappa shape index (κ3) is 5.68. The van der Waals surface area contributed by atoms with E-state index in [0.29, 0.717) is 12.3 Å². The minimum Gasteiger partial charge on any atom is -0.481 e. The maximum atomic E-state index is 11.7. The van der Waals surface area contributed by atoms with Crippen LogP contribution in [0.3, 0.4) is 0 Å². The van der Waals surface area contributed by atoms with Crippen molar-refractivity contribution in [2.24, 2.45) is 5.92 Å². The molecule has 0 aromatic heterocycles. The second kappa shape index (κ2) is 7.27. The molecule has 0 bridgehead atoms. The largest absolute Gasteiger partial charge is 0.481 e. The predicted molar refractivity (Wildman–Crippen MR) is 62.7 cm³/mol. The van der Waals surface area contributed by atoms with Gasteiger partial charge in [-0.05, 0) is 25.2 Å². The van der Waals surface area contributed by atoms with E-state index in [1.165, 1.54) is 4.90 Å². The van der Waals surface area contributed by atoms with Gasteiger partial charge >= 0.3 is 5.97 Å². The summed E-state index contributed by atoms with van der Waals surface area (Å²) in [7, 11) is 1.66. The van der Waals surface area contributed by atoms with Crippen LogP contribution in [0.4, 0.5) is 0 Å². The van der Waals surface area contributed by atoms with E-state index in [0.717, 1.165) is 32.5 Å². The molecule has 0 aromatic carbocycles. The normalized spacial score (nSPS) is 19.9. The fraction of sp³-hybridized carbons (Fsp3) is 0.833. The smallest absolute Gasteiger partial charge is 0.305 e. The van der Waals surface area contributed by atoms with Gasteiger partial charge in [-0.2, -0.15) is 0 Å². The Morgan fingerprint density at radius 1 is 1.41 bits per heavy atom. The molecular weight excluding hydrogens is 222 g/mol. The number of carbonyl (C=O) groups excluding carboxylic acids is 1. The minimum absolute atomic E-state index is 0.00871. The van der Waals surface area contributed by atoms with E-state index in [1.54, 1.807) is 7.05 Å². The average molecular weight is 243 g/mol. The van der Waals surface area contributed by atoms with E-state index < -0.39 is 5.97 Å². The summed E-state index contributed by atoms with van der Waals surface area (Å²) in [6, 6.07) is 0. The fourth-order valence-electron chi connectivity index (χ4n) is 1.94. The van der Waals surface area contributed by atoms with Crippen LogP contribution in [0.1, 0.15) is 32.1 Å². The molecule has 5 heteroatoms. The Kier molecular flexibility index (Phi) is 5.97. The molecule has 1 saturated heterocycles. The maximum Gasteiger partial charge on any atom is 0.305 e. The van der Waals surface area contributed by atoms with Crippen LogP contribution in [0, 0.1) is 5.92 Å². The van der Waals surface area contributed by atoms with E-state index in [-0.39, 0.29) is 18.9 Å². The van der Waals surface area contributed by atoms with Crippen LogP contribution in [0.2, 0.25) is 0 Å². The molecule has 1 N–H and O–H groups in total. The molecule has 1 aliphatic rings. The highest BCUT2D eigenvalue weighted by Crippen LogP contribution is 2.19.